The number of nitrogens with zero attached hydrogens (tertiary/aromatic N) is 1. The maximum atomic E-state index is 11.6. The van der Waals surface area contributed by atoms with Gasteiger partial charge in [-0.15, -0.1) is 0 Å². The van der Waals surface area contributed by atoms with Crippen molar-refractivity contribution in [3.8, 4) is 0 Å². The Kier molecular flexibility index (Phi) is 6.11. The molecule has 1 aliphatic rings. The van der Waals surface area contributed by atoms with Crippen molar-refractivity contribution in [1.29, 1.82) is 0 Å². The summed E-state index contributed by atoms with van der Waals surface area (Å²) in [7, 11) is 0. The predicted molar refractivity (Wildman–Crippen MR) is 79.8 cm³/mol. The summed E-state index contributed by atoms with van der Waals surface area (Å²) in [6, 6.07) is 6.56. The standard InChI is InChI=1S/C14H20ClN3O2/c15-12-5-4-6-13(11-12)16-14(19)17-20-10-9-18-7-2-1-3-8-18/h4-6,11H,1-3,7-10H2,(H2,16,17,19). The summed E-state index contributed by atoms with van der Waals surface area (Å²) in [6.45, 7) is 3.58. The van der Waals surface area contributed by atoms with E-state index in [0.717, 1.165) is 19.6 Å². The number of nitrogens with one attached hydrogen (secondary N) is 2. The molecule has 0 unspecified atom stereocenters. The van der Waals surface area contributed by atoms with Gasteiger partial charge in [0.1, 0.15) is 0 Å². The Bertz CT molecular complexity index is 436. The molecule has 1 heterocycles. The Morgan fingerprint density at radius 2 is 2.10 bits per heavy atom. The van der Waals surface area contributed by atoms with Crippen LogP contribution in [-0.4, -0.2) is 37.2 Å². The van der Waals surface area contributed by atoms with Crippen LogP contribution in [0, 0.1) is 0 Å². The van der Waals surface area contributed by atoms with Crippen molar-refractivity contribution < 1.29 is 9.63 Å². The molecule has 0 aromatic heterocycles. The number of carbonyl (C=O) groups excluding carboxylic acids is 1. The Labute approximate surface area is 124 Å². The molecule has 1 saturated heterocycles. The van der Waals surface area contributed by atoms with Crippen LogP contribution in [0.4, 0.5) is 10.5 Å². The lowest BCUT2D eigenvalue weighted by molar-refractivity contribution is 0.0454. The summed E-state index contributed by atoms with van der Waals surface area (Å²) < 4.78 is 0. The third kappa shape index (κ3) is 5.36. The van der Waals surface area contributed by atoms with Crippen molar-refractivity contribution in [3.05, 3.63) is 29.3 Å². The van der Waals surface area contributed by atoms with E-state index < -0.39 is 6.03 Å². The first kappa shape index (κ1) is 15.1. The monoisotopic (exact) mass is 297 g/mol. The molecule has 110 valence electrons. The number of likely N-dealkylation sites (tertiary alicyclic amines) is 1. The SMILES string of the molecule is O=C(NOCCN1CCCCC1)Nc1cccc(Cl)c1. The van der Waals surface area contributed by atoms with Gasteiger partial charge in [0.15, 0.2) is 0 Å². The third-order valence-electron chi connectivity index (χ3n) is 3.21. The van der Waals surface area contributed by atoms with Crippen LogP contribution in [0.15, 0.2) is 24.3 Å². The molecular formula is C14H20ClN3O2. The molecule has 1 fully saturated rings. The molecule has 0 radical (unpaired) electrons. The second kappa shape index (κ2) is 8.09. The fourth-order valence-corrected chi connectivity index (χ4v) is 2.39. The number of benzene rings is 1. The Morgan fingerprint density at radius 1 is 1.30 bits per heavy atom. The van der Waals surface area contributed by atoms with Crippen molar-refractivity contribution in [2.75, 3.05) is 31.6 Å². The van der Waals surface area contributed by atoms with E-state index in [1.807, 2.05) is 0 Å². The zero-order chi connectivity index (χ0) is 14.2. The molecule has 1 aromatic rings. The summed E-state index contributed by atoms with van der Waals surface area (Å²) in [5.74, 6) is 0. The fourth-order valence-electron chi connectivity index (χ4n) is 2.20. The fraction of sp³-hybridized carbons (Fsp3) is 0.500. The number of hydroxylamine groups is 1. The van der Waals surface area contributed by atoms with E-state index >= 15 is 0 Å². The molecule has 0 spiro atoms. The quantitative estimate of drug-likeness (QED) is 0.649. The van der Waals surface area contributed by atoms with Crippen LogP contribution in [0.1, 0.15) is 19.3 Å². The number of anilines is 1. The van der Waals surface area contributed by atoms with E-state index in [0.29, 0.717) is 17.3 Å². The molecule has 0 atom stereocenters. The Morgan fingerprint density at radius 3 is 2.85 bits per heavy atom. The summed E-state index contributed by atoms with van der Waals surface area (Å²) in [4.78, 5) is 19.1. The predicted octanol–water partition coefficient (Wildman–Crippen LogP) is 2.88. The first-order valence-corrected chi connectivity index (χ1v) is 7.28. The van der Waals surface area contributed by atoms with E-state index in [9.17, 15) is 4.79 Å². The molecule has 0 saturated carbocycles. The van der Waals surface area contributed by atoms with Gasteiger partial charge in [-0.25, -0.2) is 10.3 Å². The number of halogens is 1. The van der Waals surface area contributed by atoms with Gasteiger partial charge in [0, 0.05) is 17.3 Å². The van der Waals surface area contributed by atoms with E-state index in [2.05, 4.69) is 15.7 Å². The van der Waals surface area contributed by atoms with Crippen LogP contribution < -0.4 is 10.8 Å². The lowest BCUT2D eigenvalue weighted by Crippen LogP contribution is -2.36. The molecular weight excluding hydrogens is 278 g/mol. The van der Waals surface area contributed by atoms with Gasteiger partial charge in [-0.2, -0.15) is 0 Å². The molecule has 1 aromatic carbocycles. The molecule has 20 heavy (non-hydrogen) atoms. The van der Waals surface area contributed by atoms with Gasteiger partial charge in [0.05, 0.1) is 6.61 Å². The average molecular weight is 298 g/mol. The topological polar surface area (TPSA) is 53.6 Å². The minimum Gasteiger partial charge on any atom is -0.306 e. The van der Waals surface area contributed by atoms with Gasteiger partial charge in [0.25, 0.3) is 0 Å². The average Bonchev–Trinajstić information content (AvgIpc) is 2.45. The van der Waals surface area contributed by atoms with Gasteiger partial charge in [-0.1, -0.05) is 24.1 Å². The van der Waals surface area contributed by atoms with Gasteiger partial charge < -0.3 is 10.2 Å². The summed E-state index contributed by atoms with van der Waals surface area (Å²) in [6.07, 6.45) is 3.82. The molecule has 0 aliphatic carbocycles. The number of hydrogen-bond donors (Lipinski definition) is 2. The molecule has 0 bridgehead atoms. The lowest BCUT2D eigenvalue weighted by atomic mass is 10.1. The van der Waals surface area contributed by atoms with Gasteiger partial charge in [0.2, 0.25) is 0 Å². The highest BCUT2D eigenvalue weighted by Gasteiger charge is 2.09. The van der Waals surface area contributed by atoms with Crippen molar-refractivity contribution >= 4 is 23.3 Å². The van der Waals surface area contributed by atoms with Crippen molar-refractivity contribution in [1.82, 2.24) is 10.4 Å². The molecule has 2 rings (SSSR count). The van der Waals surface area contributed by atoms with Gasteiger partial charge in [-0.3, -0.25) is 4.84 Å². The maximum Gasteiger partial charge on any atom is 0.343 e. The highest BCUT2D eigenvalue weighted by Crippen LogP contribution is 2.14. The minimum absolute atomic E-state index is 0.397. The minimum atomic E-state index is -0.397. The molecule has 2 N–H and O–H groups in total. The van der Waals surface area contributed by atoms with Crippen LogP contribution >= 0.6 is 11.6 Å². The van der Waals surface area contributed by atoms with Crippen molar-refractivity contribution in [2.45, 2.75) is 19.3 Å². The summed E-state index contributed by atoms with van der Waals surface area (Å²) >= 11 is 5.83. The van der Waals surface area contributed by atoms with Crippen LogP contribution in [0.3, 0.4) is 0 Å². The first-order valence-electron chi connectivity index (χ1n) is 6.91. The molecule has 2 amide bonds. The zero-order valence-corrected chi connectivity index (χ0v) is 12.2. The highest BCUT2D eigenvalue weighted by atomic mass is 35.5. The van der Waals surface area contributed by atoms with Crippen molar-refractivity contribution in [2.24, 2.45) is 0 Å². The Hall–Kier alpha value is -1.30. The maximum absolute atomic E-state index is 11.6. The number of amides is 2. The number of rotatable bonds is 5. The van der Waals surface area contributed by atoms with Crippen LogP contribution in [0.25, 0.3) is 0 Å². The number of carbonyl (C=O) groups is 1. The van der Waals surface area contributed by atoms with E-state index in [1.54, 1.807) is 24.3 Å². The van der Waals surface area contributed by atoms with E-state index in [1.165, 1.54) is 19.3 Å². The summed E-state index contributed by atoms with van der Waals surface area (Å²) in [5.41, 5.74) is 3.00. The Balaban J connectivity index is 1.60. The van der Waals surface area contributed by atoms with Crippen LogP contribution in [-0.2, 0) is 4.84 Å². The van der Waals surface area contributed by atoms with E-state index in [-0.39, 0.29) is 0 Å². The smallest absolute Gasteiger partial charge is 0.306 e. The van der Waals surface area contributed by atoms with Crippen molar-refractivity contribution in [3.63, 3.8) is 0 Å². The van der Waals surface area contributed by atoms with Gasteiger partial charge in [-0.05, 0) is 44.1 Å². The number of hydrogen-bond acceptors (Lipinski definition) is 3. The number of urea groups is 1. The molecule has 5 nitrogen and oxygen atoms in total. The van der Waals surface area contributed by atoms with Crippen LogP contribution in [0.2, 0.25) is 5.02 Å². The highest BCUT2D eigenvalue weighted by molar-refractivity contribution is 6.30. The molecule has 6 heteroatoms. The summed E-state index contributed by atoms with van der Waals surface area (Å²) in [5, 5.41) is 3.23. The lowest BCUT2D eigenvalue weighted by Gasteiger charge is -2.25. The van der Waals surface area contributed by atoms with E-state index in [4.69, 9.17) is 16.4 Å². The second-order valence-electron chi connectivity index (χ2n) is 4.82. The van der Waals surface area contributed by atoms with Gasteiger partial charge >= 0.3 is 6.03 Å². The normalized spacial score (nSPS) is 15.8. The zero-order valence-electron chi connectivity index (χ0n) is 11.4. The van der Waals surface area contributed by atoms with Crippen LogP contribution in [0.5, 0.6) is 0 Å². The molecule has 1 aliphatic heterocycles. The largest absolute Gasteiger partial charge is 0.343 e. The third-order valence-corrected chi connectivity index (χ3v) is 3.44. The second-order valence-corrected chi connectivity index (χ2v) is 5.25. The first-order chi connectivity index (χ1) is 9.74. The number of piperidine rings is 1.